The van der Waals surface area contributed by atoms with E-state index >= 15 is 0 Å². The minimum absolute atomic E-state index is 0.442. The Morgan fingerprint density at radius 1 is 0.889 bits per heavy atom. The van der Waals surface area contributed by atoms with Crippen molar-refractivity contribution in [1.29, 1.82) is 0 Å². The molecule has 1 atom stereocenters. The Kier molecular flexibility index (Phi) is 3.27. The fourth-order valence-corrected chi connectivity index (χ4v) is 2.42. The molecule has 0 saturated heterocycles. The maximum Gasteiger partial charge on any atom is 0.0639 e. The molecule has 0 aliphatic rings. The van der Waals surface area contributed by atoms with Crippen molar-refractivity contribution in [3.8, 4) is 0 Å². The van der Waals surface area contributed by atoms with Crippen LogP contribution in [0.3, 0.4) is 0 Å². The molecular formula is C17H21N. The molecule has 0 heterocycles. The molecule has 2 aromatic rings. The second kappa shape index (κ2) is 4.58. The van der Waals surface area contributed by atoms with E-state index in [9.17, 15) is 0 Å². The Labute approximate surface area is 110 Å². The monoisotopic (exact) mass is 239 g/mol. The lowest BCUT2D eigenvalue weighted by molar-refractivity contribution is 0.598. The van der Waals surface area contributed by atoms with Gasteiger partial charge in [0.1, 0.15) is 0 Å². The molecule has 0 saturated carbocycles. The number of benzene rings is 2. The van der Waals surface area contributed by atoms with E-state index in [1.165, 1.54) is 22.3 Å². The van der Waals surface area contributed by atoms with E-state index in [2.05, 4.69) is 70.2 Å². The number of aryl methyl sites for hydroxylation is 3. The Balaban J connectivity index is 2.57. The largest absolute Gasteiger partial charge is 0.318 e. The van der Waals surface area contributed by atoms with E-state index < -0.39 is 5.54 Å². The first-order chi connectivity index (χ1) is 8.41. The van der Waals surface area contributed by atoms with Gasteiger partial charge in [-0.2, -0.15) is 0 Å². The maximum absolute atomic E-state index is 6.60. The van der Waals surface area contributed by atoms with Crippen LogP contribution in [-0.2, 0) is 5.54 Å². The lowest BCUT2D eigenvalue weighted by atomic mass is 9.82. The average Bonchev–Trinajstić information content (AvgIpc) is 2.32. The van der Waals surface area contributed by atoms with Crippen LogP contribution in [-0.4, -0.2) is 0 Å². The Bertz CT molecular complexity index is 568. The normalized spacial score (nSPS) is 14.3. The van der Waals surface area contributed by atoms with Gasteiger partial charge < -0.3 is 5.73 Å². The summed E-state index contributed by atoms with van der Waals surface area (Å²) in [6, 6.07) is 14.9. The molecule has 1 nitrogen and oxygen atoms in total. The maximum atomic E-state index is 6.60. The summed E-state index contributed by atoms with van der Waals surface area (Å²) in [5, 5.41) is 0. The molecule has 1 heteroatoms. The van der Waals surface area contributed by atoms with Gasteiger partial charge in [-0.3, -0.25) is 0 Å². The topological polar surface area (TPSA) is 26.0 Å². The number of hydrogen-bond acceptors (Lipinski definition) is 1. The first-order valence-corrected chi connectivity index (χ1v) is 6.35. The van der Waals surface area contributed by atoms with Crippen LogP contribution >= 0.6 is 0 Å². The fraction of sp³-hybridized carbons (Fsp3) is 0.294. The van der Waals surface area contributed by atoms with Gasteiger partial charge in [-0.15, -0.1) is 0 Å². The van der Waals surface area contributed by atoms with Gasteiger partial charge >= 0.3 is 0 Å². The van der Waals surface area contributed by atoms with Gasteiger partial charge in [-0.25, -0.2) is 0 Å². The molecule has 18 heavy (non-hydrogen) atoms. The van der Waals surface area contributed by atoms with Gasteiger partial charge in [0.15, 0.2) is 0 Å². The van der Waals surface area contributed by atoms with Crippen LogP contribution in [0.4, 0.5) is 0 Å². The van der Waals surface area contributed by atoms with E-state index in [4.69, 9.17) is 5.73 Å². The zero-order valence-corrected chi connectivity index (χ0v) is 11.6. The highest BCUT2D eigenvalue weighted by atomic mass is 14.7. The van der Waals surface area contributed by atoms with Gasteiger partial charge in [0.2, 0.25) is 0 Å². The molecule has 2 N–H and O–H groups in total. The van der Waals surface area contributed by atoms with Crippen molar-refractivity contribution in [2.45, 2.75) is 33.2 Å². The molecule has 2 rings (SSSR count). The minimum atomic E-state index is -0.442. The molecule has 0 bridgehead atoms. The predicted molar refractivity (Wildman–Crippen MR) is 77.7 cm³/mol. The van der Waals surface area contributed by atoms with Gasteiger partial charge in [-0.1, -0.05) is 53.6 Å². The van der Waals surface area contributed by atoms with Crippen molar-refractivity contribution in [1.82, 2.24) is 0 Å². The minimum Gasteiger partial charge on any atom is -0.318 e. The third kappa shape index (κ3) is 2.32. The lowest BCUT2D eigenvalue weighted by Gasteiger charge is -2.28. The molecule has 0 aliphatic carbocycles. The summed E-state index contributed by atoms with van der Waals surface area (Å²) in [7, 11) is 0. The van der Waals surface area contributed by atoms with E-state index in [0.29, 0.717) is 0 Å². The molecule has 0 aliphatic heterocycles. The Morgan fingerprint density at radius 2 is 1.56 bits per heavy atom. The first kappa shape index (κ1) is 12.8. The van der Waals surface area contributed by atoms with Crippen LogP contribution in [0.25, 0.3) is 0 Å². The zero-order chi connectivity index (χ0) is 13.3. The molecule has 0 radical (unpaired) electrons. The number of nitrogens with two attached hydrogens (primary N) is 1. The average molecular weight is 239 g/mol. The predicted octanol–water partition coefficient (Wildman–Crippen LogP) is 3.83. The summed E-state index contributed by atoms with van der Waals surface area (Å²) in [5.41, 5.74) is 12.3. The molecule has 94 valence electrons. The van der Waals surface area contributed by atoms with Gasteiger partial charge in [0.25, 0.3) is 0 Å². The van der Waals surface area contributed by atoms with Crippen molar-refractivity contribution < 1.29 is 0 Å². The standard InChI is InChI=1S/C17H21N/c1-12-6-5-7-15(10-12)17(4,18)16-11-13(2)8-9-14(16)3/h5-11H,18H2,1-4H3. The molecule has 2 aromatic carbocycles. The highest BCUT2D eigenvalue weighted by molar-refractivity contribution is 5.43. The quantitative estimate of drug-likeness (QED) is 0.846. The van der Waals surface area contributed by atoms with Crippen molar-refractivity contribution in [2.24, 2.45) is 5.73 Å². The highest BCUT2D eigenvalue weighted by Gasteiger charge is 2.25. The summed E-state index contributed by atoms with van der Waals surface area (Å²) < 4.78 is 0. The van der Waals surface area contributed by atoms with Crippen molar-refractivity contribution in [3.05, 3.63) is 70.3 Å². The van der Waals surface area contributed by atoms with Crippen molar-refractivity contribution in [3.63, 3.8) is 0 Å². The molecule has 0 fully saturated rings. The van der Waals surface area contributed by atoms with E-state index in [1.54, 1.807) is 0 Å². The van der Waals surface area contributed by atoms with Crippen LogP contribution in [0.1, 0.15) is 34.7 Å². The fourth-order valence-electron chi connectivity index (χ4n) is 2.42. The van der Waals surface area contributed by atoms with E-state index in [-0.39, 0.29) is 0 Å². The van der Waals surface area contributed by atoms with Crippen molar-refractivity contribution >= 4 is 0 Å². The van der Waals surface area contributed by atoms with Gasteiger partial charge in [0.05, 0.1) is 5.54 Å². The van der Waals surface area contributed by atoms with Crippen LogP contribution in [0.5, 0.6) is 0 Å². The van der Waals surface area contributed by atoms with Crippen molar-refractivity contribution in [2.75, 3.05) is 0 Å². The second-order valence-electron chi connectivity index (χ2n) is 5.39. The number of hydrogen-bond donors (Lipinski definition) is 1. The molecular weight excluding hydrogens is 218 g/mol. The van der Waals surface area contributed by atoms with Crippen LogP contribution < -0.4 is 5.73 Å². The van der Waals surface area contributed by atoms with E-state index in [1.807, 2.05) is 0 Å². The third-order valence-electron chi connectivity index (χ3n) is 3.57. The first-order valence-electron chi connectivity index (χ1n) is 6.35. The summed E-state index contributed by atoms with van der Waals surface area (Å²) in [6.45, 7) is 8.41. The Morgan fingerprint density at radius 3 is 2.22 bits per heavy atom. The molecule has 0 amide bonds. The van der Waals surface area contributed by atoms with Gasteiger partial charge in [0, 0.05) is 0 Å². The molecule has 0 spiro atoms. The Hall–Kier alpha value is -1.60. The van der Waals surface area contributed by atoms with E-state index in [0.717, 1.165) is 5.56 Å². The molecule has 0 aromatic heterocycles. The molecule has 1 unspecified atom stereocenters. The van der Waals surface area contributed by atoms with Crippen LogP contribution in [0, 0.1) is 20.8 Å². The summed E-state index contributed by atoms with van der Waals surface area (Å²) in [5.74, 6) is 0. The van der Waals surface area contributed by atoms with Crippen LogP contribution in [0.2, 0.25) is 0 Å². The smallest absolute Gasteiger partial charge is 0.0639 e. The zero-order valence-electron chi connectivity index (χ0n) is 11.6. The second-order valence-corrected chi connectivity index (χ2v) is 5.39. The number of rotatable bonds is 2. The lowest BCUT2D eigenvalue weighted by Crippen LogP contribution is -2.35. The summed E-state index contributed by atoms with van der Waals surface area (Å²) in [6.07, 6.45) is 0. The third-order valence-corrected chi connectivity index (χ3v) is 3.57. The SMILES string of the molecule is Cc1cccc(C(C)(N)c2cc(C)ccc2C)c1. The van der Waals surface area contributed by atoms with Crippen LogP contribution in [0.15, 0.2) is 42.5 Å². The summed E-state index contributed by atoms with van der Waals surface area (Å²) in [4.78, 5) is 0. The van der Waals surface area contributed by atoms with Gasteiger partial charge in [-0.05, 0) is 44.4 Å². The summed E-state index contributed by atoms with van der Waals surface area (Å²) >= 11 is 0. The highest BCUT2D eigenvalue weighted by Crippen LogP contribution is 2.30.